The third-order valence-electron chi connectivity index (χ3n) is 3.28. The lowest BCUT2D eigenvalue weighted by molar-refractivity contribution is -0.131. The van der Waals surface area contributed by atoms with Gasteiger partial charge in [-0.3, -0.25) is 9.59 Å². The number of esters is 1. The summed E-state index contributed by atoms with van der Waals surface area (Å²) in [6, 6.07) is 12.7. The maximum absolute atomic E-state index is 12.1. The fourth-order valence-electron chi connectivity index (χ4n) is 2.00. The van der Waals surface area contributed by atoms with Crippen molar-refractivity contribution in [1.29, 1.82) is 0 Å². The van der Waals surface area contributed by atoms with E-state index in [9.17, 15) is 14.4 Å². The summed E-state index contributed by atoms with van der Waals surface area (Å²) < 4.78 is 5.01. The van der Waals surface area contributed by atoms with Crippen molar-refractivity contribution in [2.24, 2.45) is 0 Å². The van der Waals surface area contributed by atoms with Crippen LogP contribution in [0.1, 0.15) is 10.4 Å². The SMILES string of the molecule is CN(C)C(=O)CNC(=O)COC(=O)c1cccc2ccccc12. The molecule has 2 rings (SSSR count). The molecule has 6 heteroatoms. The van der Waals surface area contributed by atoms with Gasteiger partial charge in [0.15, 0.2) is 6.61 Å². The summed E-state index contributed by atoms with van der Waals surface area (Å²) in [6.07, 6.45) is 0. The van der Waals surface area contributed by atoms with Gasteiger partial charge >= 0.3 is 5.97 Å². The quantitative estimate of drug-likeness (QED) is 0.842. The van der Waals surface area contributed by atoms with Gasteiger partial charge in [0, 0.05) is 14.1 Å². The molecule has 0 bridgehead atoms. The lowest BCUT2D eigenvalue weighted by atomic mass is 10.1. The fourth-order valence-corrected chi connectivity index (χ4v) is 2.00. The summed E-state index contributed by atoms with van der Waals surface area (Å²) in [5.74, 6) is -1.33. The van der Waals surface area contributed by atoms with E-state index in [2.05, 4.69) is 5.32 Å². The van der Waals surface area contributed by atoms with Crippen LogP contribution < -0.4 is 5.32 Å². The Morgan fingerprint density at radius 3 is 2.48 bits per heavy atom. The highest BCUT2D eigenvalue weighted by Crippen LogP contribution is 2.19. The van der Waals surface area contributed by atoms with E-state index in [4.69, 9.17) is 4.74 Å². The molecule has 2 aromatic carbocycles. The second kappa shape index (κ2) is 7.40. The summed E-state index contributed by atoms with van der Waals surface area (Å²) in [5.41, 5.74) is 0.403. The van der Waals surface area contributed by atoms with Crippen LogP contribution in [0.2, 0.25) is 0 Å². The van der Waals surface area contributed by atoms with Crippen molar-refractivity contribution < 1.29 is 19.1 Å². The molecule has 0 radical (unpaired) electrons. The largest absolute Gasteiger partial charge is 0.452 e. The van der Waals surface area contributed by atoms with E-state index >= 15 is 0 Å². The molecule has 2 amide bonds. The van der Waals surface area contributed by atoms with Crippen molar-refractivity contribution in [2.45, 2.75) is 0 Å². The van der Waals surface area contributed by atoms with Crippen molar-refractivity contribution in [1.82, 2.24) is 10.2 Å². The Morgan fingerprint density at radius 1 is 1.04 bits per heavy atom. The molecule has 0 aliphatic carbocycles. The van der Waals surface area contributed by atoms with Gasteiger partial charge in [-0.2, -0.15) is 0 Å². The predicted molar refractivity (Wildman–Crippen MR) is 85.9 cm³/mol. The number of amides is 2. The van der Waals surface area contributed by atoms with Crippen LogP contribution in [0.25, 0.3) is 10.8 Å². The monoisotopic (exact) mass is 314 g/mol. The molecule has 2 aromatic rings. The van der Waals surface area contributed by atoms with E-state index in [1.165, 1.54) is 4.90 Å². The number of hydrogen-bond acceptors (Lipinski definition) is 4. The summed E-state index contributed by atoms with van der Waals surface area (Å²) in [4.78, 5) is 36.5. The van der Waals surface area contributed by atoms with Gasteiger partial charge in [0.25, 0.3) is 5.91 Å². The highest BCUT2D eigenvalue weighted by Gasteiger charge is 2.13. The van der Waals surface area contributed by atoms with Crippen molar-refractivity contribution in [3.05, 3.63) is 48.0 Å². The summed E-state index contributed by atoms with van der Waals surface area (Å²) in [5, 5.41) is 4.09. The maximum Gasteiger partial charge on any atom is 0.339 e. The Balaban J connectivity index is 1.94. The lowest BCUT2D eigenvalue weighted by Crippen LogP contribution is -2.38. The molecule has 0 saturated heterocycles. The van der Waals surface area contributed by atoms with Crippen LogP contribution in [0.3, 0.4) is 0 Å². The third-order valence-corrected chi connectivity index (χ3v) is 3.28. The number of nitrogens with zero attached hydrogens (tertiary/aromatic N) is 1. The molecule has 6 nitrogen and oxygen atoms in total. The van der Waals surface area contributed by atoms with Crippen LogP contribution >= 0.6 is 0 Å². The first-order valence-electron chi connectivity index (χ1n) is 7.11. The summed E-state index contributed by atoms with van der Waals surface area (Å²) >= 11 is 0. The zero-order valence-corrected chi connectivity index (χ0v) is 13.0. The van der Waals surface area contributed by atoms with Crippen LogP contribution in [0.4, 0.5) is 0 Å². The molecule has 0 aliphatic heterocycles. The van der Waals surface area contributed by atoms with Gasteiger partial charge in [-0.25, -0.2) is 4.79 Å². The minimum absolute atomic E-state index is 0.127. The fraction of sp³-hybridized carbons (Fsp3) is 0.235. The van der Waals surface area contributed by atoms with Crippen LogP contribution in [0.15, 0.2) is 42.5 Å². The Morgan fingerprint density at radius 2 is 1.74 bits per heavy atom. The summed E-state index contributed by atoms with van der Waals surface area (Å²) in [6.45, 7) is -0.555. The number of rotatable bonds is 5. The van der Waals surface area contributed by atoms with Crippen molar-refractivity contribution in [3.8, 4) is 0 Å². The van der Waals surface area contributed by atoms with Gasteiger partial charge in [-0.15, -0.1) is 0 Å². The molecule has 0 saturated carbocycles. The minimum atomic E-state index is -0.573. The van der Waals surface area contributed by atoms with Gasteiger partial charge in [-0.05, 0) is 16.8 Å². The van der Waals surface area contributed by atoms with Gasteiger partial charge in [0.2, 0.25) is 5.91 Å². The highest BCUT2D eigenvalue weighted by atomic mass is 16.5. The van der Waals surface area contributed by atoms with Gasteiger partial charge in [0.1, 0.15) is 0 Å². The predicted octanol–water partition coefficient (Wildman–Crippen LogP) is 1.20. The van der Waals surface area contributed by atoms with Crippen LogP contribution in [0, 0.1) is 0 Å². The van der Waals surface area contributed by atoms with E-state index in [1.54, 1.807) is 26.2 Å². The molecule has 0 aliphatic rings. The average Bonchev–Trinajstić information content (AvgIpc) is 2.56. The molecule has 23 heavy (non-hydrogen) atoms. The lowest BCUT2D eigenvalue weighted by Gasteiger charge is -2.11. The Labute approximate surface area is 134 Å². The molecule has 0 fully saturated rings. The van der Waals surface area contributed by atoms with E-state index < -0.39 is 18.5 Å². The zero-order chi connectivity index (χ0) is 16.8. The number of nitrogens with one attached hydrogen (secondary N) is 1. The van der Waals surface area contributed by atoms with Crippen molar-refractivity contribution in [3.63, 3.8) is 0 Å². The Kier molecular flexibility index (Phi) is 5.30. The molecule has 0 aromatic heterocycles. The second-order valence-electron chi connectivity index (χ2n) is 5.17. The first-order chi connectivity index (χ1) is 11.0. The molecule has 0 unspecified atom stereocenters. The van der Waals surface area contributed by atoms with E-state index in [1.807, 2.05) is 30.3 Å². The molecule has 0 atom stereocenters. The topological polar surface area (TPSA) is 75.7 Å². The van der Waals surface area contributed by atoms with Crippen LogP contribution in [-0.4, -0.2) is 49.9 Å². The number of likely N-dealkylation sites (N-methyl/N-ethyl adjacent to an activating group) is 1. The first-order valence-corrected chi connectivity index (χ1v) is 7.11. The summed E-state index contributed by atoms with van der Waals surface area (Å²) in [7, 11) is 3.18. The number of benzene rings is 2. The number of fused-ring (bicyclic) bond motifs is 1. The van der Waals surface area contributed by atoms with Crippen molar-refractivity contribution in [2.75, 3.05) is 27.2 Å². The molecular weight excluding hydrogens is 296 g/mol. The first kappa shape index (κ1) is 16.5. The van der Waals surface area contributed by atoms with E-state index in [-0.39, 0.29) is 12.5 Å². The maximum atomic E-state index is 12.1. The number of hydrogen-bond donors (Lipinski definition) is 1. The number of carbonyl (C=O) groups is 3. The standard InChI is InChI=1S/C17H18N2O4/c1-19(2)16(21)10-18-15(20)11-23-17(22)14-9-5-7-12-6-3-4-8-13(12)14/h3-9H,10-11H2,1-2H3,(H,18,20). The minimum Gasteiger partial charge on any atom is -0.452 e. The molecule has 0 heterocycles. The van der Waals surface area contributed by atoms with Crippen LogP contribution in [-0.2, 0) is 14.3 Å². The molecular formula is C17H18N2O4. The number of ether oxygens (including phenoxy) is 1. The third kappa shape index (κ3) is 4.29. The second-order valence-corrected chi connectivity index (χ2v) is 5.17. The Hall–Kier alpha value is -2.89. The van der Waals surface area contributed by atoms with Gasteiger partial charge in [-0.1, -0.05) is 36.4 Å². The number of carbonyl (C=O) groups excluding carboxylic acids is 3. The Bertz CT molecular complexity index is 735. The molecule has 0 spiro atoms. The normalized spacial score (nSPS) is 10.2. The van der Waals surface area contributed by atoms with Gasteiger partial charge in [0.05, 0.1) is 12.1 Å². The zero-order valence-electron chi connectivity index (χ0n) is 13.0. The van der Waals surface area contributed by atoms with E-state index in [0.717, 1.165) is 10.8 Å². The van der Waals surface area contributed by atoms with Gasteiger partial charge < -0.3 is 15.0 Å². The average molecular weight is 314 g/mol. The highest BCUT2D eigenvalue weighted by molar-refractivity contribution is 6.04. The van der Waals surface area contributed by atoms with E-state index in [0.29, 0.717) is 5.56 Å². The van der Waals surface area contributed by atoms with Crippen LogP contribution in [0.5, 0.6) is 0 Å². The van der Waals surface area contributed by atoms with Crippen molar-refractivity contribution >= 4 is 28.6 Å². The molecule has 1 N–H and O–H groups in total. The smallest absolute Gasteiger partial charge is 0.339 e. The molecule has 120 valence electrons.